The lowest BCUT2D eigenvalue weighted by Gasteiger charge is -2.29. The summed E-state index contributed by atoms with van der Waals surface area (Å²) in [5, 5.41) is 6.01. The van der Waals surface area contributed by atoms with Crippen LogP contribution in [0.1, 0.15) is 23.6 Å². The minimum absolute atomic E-state index is 0.380. The molecule has 0 bridgehead atoms. The fourth-order valence-electron chi connectivity index (χ4n) is 3.13. The van der Waals surface area contributed by atoms with Gasteiger partial charge in [0.2, 0.25) is 11.7 Å². The molecule has 0 radical (unpaired) electrons. The van der Waals surface area contributed by atoms with Crippen LogP contribution in [0.4, 0.5) is 4.39 Å². The van der Waals surface area contributed by atoms with E-state index >= 15 is 0 Å². The summed E-state index contributed by atoms with van der Waals surface area (Å²) >= 11 is 1.67. The molecule has 3 aromatic heterocycles. The van der Waals surface area contributed by atoms with Gasteiger partial charge >= 0.3 is 0 Å². The lowest BCUT2D eigenvalue weighted by molar-refractivity contribution is 0.194. The molecule has 1 fully saturated rings. The van der Waals surface area contributed by atoms with Crippen molar-refractivity contribution >= 4 is 11.3 Å². The average Bonchev–Trinajstić information content (AvgIpc) is 3.36. The summed E-state index contributed by atoms with van der Waals surface area (Å²) in [6, 6.07) is 6.97. The van der Waals surface area contributed by atoms with E-state index in [1.807, 2.05) is 17.5 Å². The molecule has 0 spiro atoms. The predicted molar refractivity (Wildman–Crippen MR) is 102 cm³/mol. The number of likely N-dealkylation sites (tertiary alicyclic amines) is 1. The van der Waals surface area contributed by atoms with Gasteiger partial charge in [0, 0.05) is 6.42 Å². The van der Waals surface area contributed by atoms with Crippen LogP contribution in [0.15, 0.2) is 40.4 Å². The zero-order chi connectivity index (χ0) is 18.5. The summed E-state index contributed by atoms with van der Waals surface area (Å²) in [7, 11) is 0. The first-order chi connectivity index (χ1) is 13.3. The minimum Gasteiger partial charge on any atom is -0.339 e. The number of halogens is 1. The predicted octanol–water partition coefficient (Wildman–Crippen LogP) is 3.64. The number of aromatic nitrogens is 3. The van der Waals surface area contributed by atoms with Gasteiger partial charge in [-0.3, -0.25) is 4.90 Å². The molecular weight excluding hydrogens is 363 g/mol. The van der Waals surface area contributed by atoms with Crippen molar-refractivity contribution in [1.82, 2.24) is 20.0 Å². The van der Waals surface area contributed by atoms with Crippen molar-refractivity contribution in [3.8, 4) is 23.4 Å². The zero-order valence-electron chi connectivity index (χ0n) is 14.8. The number of hydrogen-bond acceptors (Lipinski definition) is 6. The van der Waals surface area contributed by atoms with E-state index < -0.39 is 0 Å². The number of hydrogen-bond donors (Lipinski definition) is 0. The standard InChI is InChI=1S/C20H19FN4OS/c21-16-5-6-18(22-14-16)20-23-19(26-24-20)13-15-7-10-25(11-8-15)9-1-3-17-4-2-12-27-17/h2,4-6,12,14-15H,7-11,13H2. The molecule has 138 valence electrons. The van der Waals surface area contributed by atoms with Crippen LogP contribution < -0.4 is 0 Å². The molecule has 0 aromatic carbocycles. The third-order valence-electron chi connectivity index (χ3n) is 4.63. The molecule has 4 heterocycles. The number of rotatable bonds is 4. The van der Waals surface area contributed by atoms with Gasteiger partial charge in [-0.05, 0) is 55.4 Å². The molecule has 0 N–H and O–H groups in total. The number of thiophene rings is 1. The molecule has 3 aromatic rings. The van der Waals surface area contributed by atoms with E-state index in [4.69, 9.17) is 4.52 Å². The van der Waals surface area contributed by atoms with Crippen molar-refractivity contribution in [3.63, 3.8) is 0 Å². The Morgan fingerprint density at radius 3 is 2.89 bits per heavy atom. The average molecular weight is 382 g/mol. The Labute approximate surface area is 161 Å². The molecule has 0 saturated carbocycles. The molecule has 1 aliphatic rings. The van der Waals surface area contributed by atoms with Crippen molar-refractivity contribution in [2.24, 2.45) is 5.92 Å². The van der Waals surface area contributed by atoms with Crippen molar-refractivity contribution in [3.05, 3.63) is 52.4 Å². The van der Waals surface area contributed by atoms with E-state index in [1.54, 1.807) is 17.4 Å². The molecule has 0 amide bonds. The molecule has 1 saturated heterocycles. The summed E-state index contributed by atoms with van der Waals surface area (Å²) in [5.41, 5.74) is 0.519. The second-order valence-electron chi connectivity index (χ2n) is 6.58. The van der Waals surface area contributed by atoms with Crippen molar-refractivity contribution in [1.29, 1.82) is 0 Å². The van der Waals surface area contributed by atoms with Crippen LogP contribution >= 0.6 is 11.3 Å². The Balaban J connectivity index is 1.26. The maximum absolute atomic E-state index is 13.0. The second-order valence-corrected chi connectivity index (χ2v) is 7.52. The fraction of sp³-hybridized carbons (Fsp3) is 0.350. The normalized spacial score (nSPS) is 15.4. The Hall–Kier alpha value is -2.56. The second kappa shape index (κ2) is 8.42. The molecule has 0 atom stereocenters. The Bertz CT molecular complexity index is 919. The lowest BCUT2D eigenvalue weighted by atomic mass is 9.93. The fourth-order valence-corrected chi connectivity index (χ4v) is 3.73. The molecule has 0 aliphatic carbocycles. The van der Waals surface area contributed by atoms with E-state index in [2.05, 4.69) is 31.9 Å². The van der Waals surface area contributed by atoms with E-state index in [-0.39, 0.29) is 5.82 Å². The van der Waals surface area contributed by atoms with Gasteiger partial charge in [-0.15, -0.1) is 11.3 Å². The van der Waals surface area contributed by atoms with Crippen molar-refractivity contribution < 1.29 is 8.91 Å². The first kappa shape index (κ1) is 17.8. The number of pyridine rings is 1. The van der Waals surface area contributed by atoms with Crippen LogP contribution in [0.3, 0.4) is 0 Å². The van der Waals surface area contributed by atoms with Crippen LogP contribution in [0.2, 0.25) is 0 Å². The molecular formula is C20H19FN4OS. The first-order valence-electron chi connectivity index (χ1n) is 8.95. The molecule has 7 heteroatoms. The van der Waals surface area contributed by atoms with E-state index in [9.17, 15) is 4.39 Å². The van der Waals surface area contributed by atoms with E-state index in [1.165, 1.54) is 6.07 Å². The minimum atomic E-state index is -0.380. The topological polar surface area (TPSA) is 55.1 Å². The maximum atomic E-state index is 13.0. The smallest absolute Gasteiger partial charge is 0.227 e. The first-order valence-corrected chi connectivity index (χ1v) is 9.83. The number of piperidine rings is 1. The van der Waals surface area contributed by atoms with Gasteiger partial charge < -0.3 is 4.52 Å². The Morgan fingerprint density at radius 2 is 2.15 bits per heavy atom. The summed E-state index contributed by atoms with van der Waals surface area (Å²) < 4.78 is 18.3. The highest BCUT2D eigenvalue weighted by Gasteiger charge is 2.21. The van der Waals surface area contributed by atoms with Gasteiger partial charge in [-0.25, -0.2) is 9.37 Å². The maximum Gasteiger partial charge on any atom is 0.227 e. The number of nitrogens with zero attached hydrogens (tertiary/aromatic N) is 4. The zero-order valence-corrected chi connectivity index (χ0v) is 15.6. The summed E-state index contributed by atoms with van der Waals surface area (Å²) in [6.45, 7) is 2.88. The highest BCUT2D eigenvalue weighted by atomic mass is 32.1. The monoisotopic (exact) mass is 382 g/mol. The van der Waals surface area contributed by atoms with Crippen LogP contribution in [0, 0.1) is 23.6 Å². The van der Waals surface area contributed by atoms with Gasteiger partial charge in [-0.1, -0.05) is 23.1 Å². The third kappa shape index (κ3) is 4.79. The summed E-state index contributed by atoms with van der Waals surface area (Å²) in [4.78, 5) is 11.9. The lowest BCUT2D eigenvalue weighted by Crippen LogP contribution is -2.34. The van der Waals surface area contributed by atoms with E-state index in [0.29, 0.717) is 23.3 Å². The van der Waals surface area contributed by atoms with Gasteiger partial charge in [0.15, 0.2) is 0 Å². The van der Waals surface area contributed by atoms with Gasteiger partial charge in [0.05, 0.1) is 17.6 Å². The van der Waals surface area contributed by atoms with Gasteiger partial charge in [0.25, 0.3) is 0 Å². The van der Waals surface area contributed by atoms with Crippen LogP contribution in [-0.4, -0.2) is 39.7 Å². The Morgan fingerprint density at radius 1 is 1.26 bits per heavy atom. The molecule has 0 unspecified atom stereocenters. The largest absolute Gasteiger partial charge is 0.339 e. The van der Waals surface area contributed by atoms with Crippen molar-refractivity contribution in [2.45, 2.75) is 19.3 Å². The third-order valence-corrected chi connectivity index (χ3v) is 5.42. The van der Waals surface area contributed by atoms with Crippen molar-refractivity contribution in [2.75, 3.05) is 19.6 Å². The van der Waals surface area contributed by atoms with Crippen LogP contribution in [0.5, 0.6) is 0 Å². The molecule has 27 heavy (non-hydrogen) atoms. The van der Waals surface area contributed by atoms with Crippen LogP contribution in [0.25, 0.3) is 11.5 Å². The highest BCUT2D eigenvalue weighted by molar-refractivity contribution is 7.10. The van der Waals surface area contributed by atoms with Gasteiger partial charge in [0.1, 0.15) is 11.5 Å². The molecule has 5 nitrogen and oxygen atoms in total. The summed E-state index contributed by atoms with van der Waals surface area (Å²) in [6.07, 6.45) is 4.10. The highest BCUT2D eigenvalue weighted by Crippen LogP contribution is 2.22. The molecule has 4 rings (SSSR count). The Kier molecular flexibility index (Phi) is 5.56. The molecule has 1 aliphatic heterocycles. The summed E-state index contributed by atoms with van der Waals surface area (Å²) in [5.74, 6) is 7.64. The van der Waals surface area contributed by atoms with E-state index in [0.717, 1.165) is 50.0 Å². The van der Waals surface area contributed by atoms with Gasteiger partial charge in [-0.2, -0.15) is 4.98 Å². The van der Waals surface area contributed by atoms with Crippen LogP contribution in [-0.2, 0) is 6.42 Å². The SMILES string of the molecule is Fc1ccc(-c2noc(CC3CCN(CC#Cc4cccs4)CC3)n2)nc1. The quantitative estimate of drug-likeness (QED) is 0.645.